The molecule has 0 aromatic heterocycles. The van der Waals surface area contributed by atoms with Gasteiger partial charge in [0.05, 0.1) is 9.82 Å². The Bertz CT molecular complexity index is 936. The molecule has 2 aromatic carbocycles. The monoisotopic (exact) mass is 362 g/mol. The molecule has 0 spiro atoms. The molecule has 0 bridgehead atoms. The predicted molar refractivity (Wildman–Crippen MR) is 97.2 cm³/mol. The maximum Gasteiger partial charge on any atom is 0.270 e. The lowest BCUT2D eigenvalue weighted by molar-refractivity contribution is -0.385. The summed E-state index contributed by atoms with van der Waals surface area (Å²) in [5.41, 5.74) is 4.32. The van der Waals surface area contributed by atoms with E-state index in [1.54, 1.807) is 13.8 Å². The Morgan fingerprint density at radius 2 is 1.56 bits per heavy atom. The highest BCUT2D eigenvalue weighted by Gasteiger charge is 2.23. The van der Waals surface area contributed by atoms with Crippen molar-refractivity contribution < 1.29 is 13.3 Å². The van der Waals surface area contributed by atoms with Gasteiger partial charge in [0.25, 0.3) is 5.69 Å². The highest BCUT2D eigenvalue weighted by atomic mass is 32.2. The molecule has 0 fully saturated rings. The summed E-state index contributed by atoms with van der Waals surface area (Å²) in [6.07, 6.45) is 0. The van der Waals surface area contributed by atoms with Crippen LogP contribution in [0.2, 0.25) is 0 Å². The van der Waals surface area contributed by atoms with Crippen LogP contribution < -0.4 is 4.72 Å². The molecule has 2 aromatic rings. The summed E-state index contributed by atoms with van der Waals surface area (Å²) < 4.78 is 28.1. The van der Waals surface area contributed by atoms with Gasteiger partial charge in [-0.2, -0.15) is 0 Å². The number of rotatable bonds is 5. The lowest BCUT2D eigenvalue weighted by Gasteiger charge is -2.19. The molecule has 2 rings (SSSR count). The van der Waals surface area contributed by atoms with Gasteiger partial charge >= 0.3 is 0 Å². The molecule has 7 heteroatoms. The minimum Gasteiger partial charge on any atom is -0.258 e. The summed E-state index contributed by atoms with van der Waals surface area (Å²) in [7, 11) is -3.89. The Morgan fingerprint density at radius 3 is 2.16 bits per heavy atom. The van der Waals surface area contributed by atoms with E-state index in [1.807, 2.05) is 32.9 Å². The minimum atomic E-state index is -3.89. The maximum atomic E-state index is 12.7. The van der Waals surface area contributed by atoms with Crippen LogP contribution in [-0.4, -0.2) is 13.3 Å². The highest BCUT2D eigenvalue weighted by molar-refractivity contribution is 7.89. The van der Waals surface area contributed by atoms with Gasteiger partial charge in [-0.1, -0.05) is 18.2 Å². The Balaban J connectivity index is 2.41. The second-order valence-corrected chi connectivity index (χ2v) is 8.03. The van der Waals surface area contributed by atoms with Gasteiger partial charge in [0.2, 0.25) is 10.0 Å². The van der Waals surface area contributed by atoms with Crippen molar-refractivity contribution in [2.45, 2.75) is 45.6 Å². The van der Waals surface area contributed by atoms with E-state index < -0.39 is 21.0 Å². The van der Waals surface area contributed by atoms with Gasteiger partial charge in [0, 0.05) is 18.2 Å². The fraction of sp³-hybridized carbons (Fsp3) is 0.333. The zero-order valence-electron chi connectivity index (χ0n) is 15.0. The number of non-ortho nitro benzene ring substituents is 1. The number of hydrogen-bond acceptors (Lipinski definition) is 4. The Kier molecular flexibility index (Phi) is 5.29. The molecule has 134 valence electrons. The second-order valence-electron chi connectivity index (χ2n) is 6.34. The van der Waals surface area contributed by atoms with Crippen molar-refractivity contribution >= 4 is 15.7 Å². The first-order valence-electron chi connectivity index (χ1n) is 7.88. The minimum absolute atomic E-state index is 0.0740. The van der Waals surface area contributed by atoms with E-state index >= 15 is 0 Å². The number of hydrogen-bond donors (Lipinski definition) is 1. The molecule has 0 aliphatic carbocycles. The quantitative estimate of drug-likeness (QED) is 0.646. The predicted octanol–water partition coefficient (Wildman–Crippen LogP) is 3.87. The number of aryl methyl sites for hydroxylation is 4. The third-order valence-corrected chi connectivity index (χ3v) is 6.04. The van der Waals surface area contributed by atoms with Crippen molar-refractivity contribution in [1.29, 1.82) is 0 Å². The van der Waals surface area contributed by atoms with Crippen LogP contribution in [0.25, 0.3) is 0 Å². The van der Waals surface area contributed by atoms with Crippen molar-refractivity contribution in [3.63, 3.8) is 0 Å². The largest absolute Gasteiger partial charge is 0.270 e. The molecule has 0 saturated heterocycles. The van der Waals surface area contributed by atoms with Crippen LogP contribution in [0.5, 0.6) is 0 Å². The zero-order chi connectivity index (χ0) is 18.9. The van der Waals surface area contributed by atoms with E-state index in [9.17, 15) is 18.5 Å². The van der Waals surface area contributed by atoms with Crippen molar-refractivity contribution in [2.75, 3.05) is 0 Å². The Labute approximate surface area is 148 Å². The molecular weight excluding hydrogens is 340 g/mol. The average molecular weight is 362 g/mol. The maximum absolute atomic E-state index is 12.7. The molecule has 0 unspecified atom stereocenters. The summed E-state index contributed by atoms with van der Waals surface area (Å²) in [6.45, 7) is 9.30. The summed E-state index contributed by atoms with van der Waals surface area (Å²) in [5.74, 6) is 0. The summed E-state index contributed by atoms with van der Waals surface area (Å²) in [4.78, 5) is 10.3. The van der Waals surface area contributed by atoms with Crippen molar-refractivity contribution in [3.8, 4) is 0 Å². The fourth-order valence-corrected chi connectivity index (χ4v) is 4.29. The molecule has 0 radical (unpaired) electrons. The number of benzene rings is 2. The van der Waals surface area contributed by atoms with Gasteiger partial charge in [-0.05, 0) is 62.4 Å². The topological polar surface area (TPSA) is 89.3 Å². The molecule has 0 saturated carbocycles. The third kappa shape index (κ3) is 4.05. The highest BCUT2D eigenvalue weighted by Crippen LogP contribution is 2.26. The van der Waals surface area contributed by atoms with Crippen LogP contribution in [-0.2, 0) is 10.0 Å². The molecule has 1 atom stereocenters. The zero-order valence-corrected chi connectivity index (χ0v) is 15.8. The van der Waals surface area contributed by atoms with E-state index in [4.69, 9.17) is 0 Å². The standard InChI is InChI=1S/C18H22N2O4S/c1-11-6-7-16(20(21)22)10-18(11)25(23,24)19-15(5)17-9-13(3)12(2)8-14(17)4/h6-10,15,19H,1-5H3/t15-/m0/s1. The molecule has 0 aliphatic heterocycles. The van der Waals surface area contributed by atoms with Crippen LogP contribution in [0.3, 0.4) is 0 Å². The van der Waals surface area contributed by atoms with Crippen LogP contribution in [0, 0.1) is 37.8 Å². The van der Waals surface area contributed by atoms with Gasteiger partial charge < -0.3 is 0 Å². The van der Waals surface area contributed by atoms with Crippen molar-refractivity contribution in [1.82, 2.24) is 4.72 Å². The molecule has 1 N–H and O–H groups in total. The van der Waals surface area contributed by atoms with Crippen LogP contribution in [0.4, 0.5) is 5.69 Å². The van der Waals surface area contributed by atoms with E-state index in [2.05, 4.69) is 4.72 Å². The average Bonchev–Trinajstić information content (AvgIpc) is 2.50. The number of nitrogens with zero attached hydrogens (tertiary/aromatic N) is 1. The molecule has 0 aliphatic rings. The first-order valence-corrected chi connectivity index (χ1v) is 9.36. The smallest absolute Gasteiger partial charge is 0.258 e. The number of nitrogens with one attached hydrogen (secondary N) is 1. The van der Waals surface area contributed by atoms with E-state index in [1.165, 1.54) is 12.1 Å². The van der Waals surface area contributed by atoms with E-state index in [0.717, 1.165) is 28.3 Å². The summed E-state index contributed by atoms with van der Waals surface area (Å²) >= 11 is 0. The third-order valence-electron chi connectivity index (χ3n) is 4.35. The molecule has 6 nitrogen and oxygen atoms in total. The second kappa shape index (κ2) is 6.93. The Morgan fingerprint density at radius 1 is 0.960 bits per heavy atom. The summed E-state index contributed by atoms with van der Waals surface area (Å²) in [5, 5.41) is 10.9. The van der Waals surface area contributed by atoms with Gasteiger partial charge in [-0.3, -0.25) is 10.1 Å². The van der Waals surface area contributed by atoms with Crippen LogP contribution >= 0.6 is 0 Å². The lowest BCUT2D eigenvalue weighted by atomic mass is 9.97. The SMILES string of the molecule is Cc1cc(C)c([C@H](C)NS(=O)(=O)c2cc([N+](=O)[O-])ccc2C)cc1C. The Hall–Kier alpha value is -2.25. The van der Waals surface area contributed by atoms with Gasteiger partial charge in [0.15, 0.2) is 0 Å². The normalized spacial score (nSPS) is 12.8. The van der Waals surface area contributed by atoms with Crippen LogP contribution in [0.1, 0.15) is 40.8 Å². The first kappa shape index (κ1) is 19.1. The fourth-order valence-electron chi connectivity index (χ4n) is 2.80. The molecule has 0 heterocycles. The molecule has 25 heavy (non-hydrogen) atoms. The number of sulfonamides is 1. The van der Waals surface area contributed by atoms with E-state index in [0.29, 0.717) is 5.56 Å². The van der Waals surface area contributed by atoms with Gasteiger partial charge in [-0.25, -0.2) is 13.1 Å². The van der Waals surface area contributed by atoms with Crippen molar-refractivity contribution in [3.05, 3.63) is 68.3 Å². The molecule has 0 amide bonds. The first-order chi connectivity index (χ1) is 11.5. The lowest BCUT2D eigenvalue weighted by Crippen LogP contribution is -2.28. The van der Waals surface area contributed by atoms with Gasteiger partial charge in [0.1, 0.15) is 0 Å². The number of nitro groups is 1. The van der Waals surface area contributed by atoms with E-state index in [-0.39, 0.29) is 10.6 Å². The summed E-state index contributed by atoms with van der Waals surface area (Å²) in [6, 6.07) is 7.37. The van der Waals surface area contributed by atoms with Crippen LogP contribution in [0.15, 0.2) is 35.2 Å². The number of nitro benzene ring substituents is 1. The van der Waals surface area contributed by atoms with Crippen molar-refractivity contribution in [2.24, 2.45) is 0 Å². The van der Waals surface area contributed by atoms with Gasteiger partial charge in [-0.15, -0.1) is 0 Å². The molecular formula is C18H22N2O4S.